The second-order valence-corrected chi connectivity index (χ2v) is 7.51. The van der Waals surface area contributed by atoms with Gasteiger partial charge in [0, 0.05) is 31.6 Å². The molecule has 4 unspecified atom stereocenters. The van der Waals surface area contributed by atoms with Crippen molar-refractivity contribution < 1.29 is 24.2 Å². The molecule has 0 aliphatic heterocycles. The van der Waals surface area contributed by atoms with Crippen LogP contribution in [0.15, 0.2) is 0 Å². The minimum absolute atomic E-state index is 0.0983. The number of esters is 1. The number of carbonyl (C=O) groups excluding carboxylic acids is 3. The zero-order chi connectivity index (χ0) is 18.8. The average Bonchev–Trinajstić information content (AvgIpc) is 2.84. The smallest absolute Gasteiger partial charge is 0.305 e. The molecule has 0 aromatic heterocycles. The van der Waals surface area contributed by atoms with Crippen molar-refractivity contribution in [2.45, 2.75) is 84.2 Å². The molecular weight excluding hydrogens is 320 g/mol. The molecule has 1 fully saturated rings. The van der Waals surface area contributed by atoms with Crippen LogP contribution >= 0.6 is 0 Å². The number of hydrogen-bond donors (Lipinski definition) is 1. The van der Waals surface area contributed by atoms with Crippen molar-refractivity contribution in [1.29, 1.82) is 0 Å². The molecule has 144 valence electrons. The number of ketones is 2. The van der Waals surface area contributed by atoms with Gasteiger partial charge in [0.05, 0.1) is 13.2 Å². The number of aliphatic hydroxyl groups is 1. The minimum atomic E-state index is -0.628. The lowest BCUT2D eigenvalue weighted by Gasteiger charge is -2.22. The quantitative estimate of drug-likeness (QED) is 0.429. The monoisotopic (exact) mass is 354 g/mol. The Kier molecular flexibility index (Phi) is 9.94. The fourth-order valence-corrected chi connectivity index (χ4v) is 3.74. The van der Waals surface area contributed by atoms with Crippen LogP contribution in [0.25, 0.3) is 0 Å². The van der Waals surface area contributed by atoms with Gasteiger partial charge in [-0.05, 0) is 37.5 Å². The van der Waals surface area contributed by atoms with E-state index in [1.54, 1.807) is 0 Å². The molecule has 0 spiro atoms. The first-order chi connectivity index (χ1) is 11.9. The third kappa shape index (κ3) is 7.68. The molecule has 1 saturated carbocycles. The SMILES string of the molecule is CCCCCC(=O)CCC1C(O)CC(=O)C1CCC(C)CC(=O)OC. The van der Waals surface area contributed by atoms with E-state index in [4.69, 9.17) is 0 Å². The molecule has 0 saturated heterocycles. The molecular formula is C20H34O5. The van der Waals surface area contributed by atoms with Gasteiger partial charge in [0.1, 0.15) is 11.6 Å². The summed E-state index contributed by atoms with van der Waals surface area (Å²) < 4.78 is 4.67. The van der Waals surface area contributed by atoms with Gasteiger partial charge in [-0.3, -0.25) is 14.4 Å². The number of unbranched alkanes of at least 4 members (excludes halogenated alkanes) is 2. The number of carbonyl (C=O) groups is 3. The standard InChI is InChI=1S/C20H34O5/c1-4-5-6-7-15(21)9-11-17-16(18(22)13-19(17)23)10-8-14(2)12-20(24)25-3/h14,16-17,19,23H,4-13H2,1-3H3. The second-order valence-electron chi connectivity index (χ2n) is 7.51. The van der Waals surface area contributed by atoms with Crippen molar-refractivity contribution in [2.24, 2.45) is 17.8 Å². The van der Waals surface area contributed by atoms with Crippen molar-refractivity contribution in [3.8, 4) is 0 Å². The molecule has 0 radical (unpaired) electrons. The molecule has 1 N–H and O–H groups in total. The topological polar surface area (TPSA) is 80.7 Å². The summed E-state index contributed by atoms with van der Waals surface area (Å²) in [7, 11) is 1.37. The maximum atomic E-state index is 12.2. The Hall–Kier alpha value is -1.23. The fraction of sp³-hybridized carbons (Fsp3) is 0.850. The Morgan fingerprint density at radius 3 is 2.60 bits per heavy atom. The Balaban J connectivity index is 2.45. The van der Waals surface area contributed by atoms with Crippen LogP contribution in [0, 0.1) is 17.8 Å². The lowest BCUT2D eigenvalue weighted by molar-refractivity contribution is -0.141. The molecule has 0 heterocycles. The number of rotatable bonds is 12. The lowest BCUT2D eigenvalue weighted by Crippen LogP contribution is -2.22. The van der Waals surface area contributed by atoms with Crippen LogP contribution in [0.2, 0.25) is 0 Å². The van der Waals surface area contributed by atoms with Crippen molar-refractivity contribution in [3.05, 3.63) is 0 Å². The van der Waals surface area contributed by atoms with E-state index >= 15 is 0 Å². The Morgan fingerprint density at radius 2 is 1.96 bits per heavy atom. The molecule has 0 aromatic carbocycles. The van der Waals surface area contributed by atoms with Gasteiger partial charge in [-0.1, -0.05) is 26.7 Å². The van der Waals surface area contributed by atoms with Crippen molar-refractivity contribution in [1.82, 2.24) is 0 Å². The molecule has 25 heavy (non-hydrogen) atoms. The van der Waals surface area contributed by atoms with E-state index in [1.165, 1.54) is 7.11 Å². The summed E-state index contributed by atoms with van der Waals surface area (Å²) in [5.74, 6) is -0.0562. The molecule has 0 amide bonds. The van der Waals surface area contributed by atoms with Gasteiger partial charge < -0.3 is 9.84 Å². The van der Waals surface area contributed by atoms with E-state index in [0.717, 1.165) is 25.7 Å². The minimum Gasteiger partial charge on any atom is -0.469 e. The zero-order valence-corrected chi connectivity index (χ0v) is 16.0. The third-order valence-corrected chi connectivity index (χ3v) is 5.36. The van der Waals surface area contributed by atoms with Crippen molar-refractivity contribution in [2.75, 3.05) is 7.11 Å². The predicted octanol–water partition coefficient (Wildman–Crippen LogP) is 3.46. The molecule has 1 aliphatic carbocycles. The molecule has 4 atom stereocenters. The summed E-state index contributed by atoms with van der Waals surface area (Å²) in [5, 5.41) is 10.2. The highest BCUT2D eigenvalue weighted by Gasteiger charge is 2.40. The highest BCUT2D eigenvalue weighted by molar-refractivity contribution is 5.84. The first-order valence-electron chi connectivity index (χ1n) is 9.68. The Labute approximate surface area is 151 Å². The first kappa shape index (κ1) is 21.8. The van der Waals surface area contributed by atoms with E-state index in [1.807, 2.05) is 6.92 Å². The molecule has 0 aromatic rings. The van der Waals surface area contributed by atoms with Crippen LogP contribution in [0.1, 0.15) is 78.1 Å². The maximum Gasteiger partial charge on any atom is 0.305 e. The molecule has 1 rings (SSSR count). The summed E-state index contributed by atoms with van der Waals surface area (Å²) in [5.41, 5.74) is 0. The van der Waals surface area contributed by atoms with Crippen molar-refractivity contribution in [3.63, 3.8) is 0 Å². The molecule has 0 bridgehead atoms. The second kappa shape index (κ2) is 11.4. The summed E-state index contributed by atoms with van der Waals surface area (Å²) in [4.78, 5) is 35.5. The number of aliphatic hydroxyl groups excluding tert-OH is 1. The van der Waals surface area contributed by atoms with Gasteiger partial charge in [-0.2, -0.15) is 0 Å². The van der Waals surface area contributed by atoms with Crippen LogP contribution in [0.3, 0.4) is 0 Å². The van der Waals surface area contributed by atoms with Crippen molar-refractivity contribution >= 4 is 17.5 Å². The molecule has 5 heteroatoms. The van der Waals surface area contributed by atoms with Gasteiger partial charge >= 0.3 is 5.97 Å². The predicted molar refractivity (Wildman–Crippen MR) is 96.0 cm³/mol. The summed E-state index contributed by atoms with van der Waals surface area (Å²) in [6.45, 7) is 4.08. The van der Waals surface area contributed by atoms with Crippen LogP contribution in [0.5, 0.6) is 0 Å². The summed E-state index contributed by atoms with van der Waals surface area (Å²) in [6.07, 6.45) is 6.07. The third-order valence-electron chi connectivity index (χ3n) is 5.36. The molecule has 5 nitrogen and oxygen atoms in total. The van der Waals surface area contributed by atoms with Gasteiger partial charge in [-0.25, -0.2) is 0 Å². The maximum absolute atomic E-state index is 12.2. The Bertz CT molecular complexity index is 445. The van der Waals surface area contributed by atoms with E-state index in [-0.39, 0.29) is 41.7 Å². The number of Topliss-reactive ketones (excluding diaryl/α,β-unsaturated/α-hetero) is 2. The van der Waals surface area contributed by atoms with Gasteiger partial charge in [0.25, 0.3) is 0 Å². The number of methoxy groups -OCH3 is 1. The van der Waals surface area contributed by atoms with Gasteiger partial charge in [-0.15, -0.1) is 0 Å². The molecule has 1 aliphatic rings. The van der Waals surface area contributed by atoms with Gasteiger partial charge in [0.15, 0.2) is 0 Å². The largest absolute Gasteiger partial charge is 0.469 e. The first-order valence-corrected chi connectivity index (χ1v) is 9.68. The van der Waals surface area contributed by atoms with Crippen LogP contribution in [-0.4, -0.2) is 35.9 Å². The summed E-state index contributed by atoms with van der Waals surface area (Å²) in [6, 6.07) is 0. The van der Waals surface area contributed by atoms with E-state index < -0.39 is 6.10 Å². The Morgan fingerprint density at radius 1 is 1.24 bits per heavy atom. The fourth-order valence-electron chi connectivity index (χ4n) is 3.74. The van der Waals surface area contributed by atoms with Crippen LogP contribution in [0.4, 0.5) is 0 Å². The lowest BCUT2D eigenvalue weighted by atomic mass is 9.83. The van der Waals surface area contributed by atoms with Crippen LogP contribution in [-0.2, 0) is 19.1 Å². The van der Waals surface area contributed by atoms with E-state index in [2.05, 4.69) is 11.7 Å². The van der Waals surface area contributed by atoms with Crippen LogP contribution < -0.4 is 0 Å². The summed E-state index contributed by atoms with van der Waals surface area (Å²) >= 11 is 0. The van der Waals surface area contributed by atoms with E-state index in [9.17, 15) is 19.5 Å². The highest BCUT2D eigenvalue weighted by atomic mass is 16.5. The zero-order valence-electron chi connectivity index (χ0n) is 16.0. The normalized spacial score (nSPS) is 24.3. The van der Waals surface area contributed by atoms with E-state index in [0.29, 0.717) is 32.1 Å². The number of ether oxygens (including phenoxy) is 1. The van der Waals surface area contributed by atoms with Gasteiger partial charge in [0.2, 0.25) is 0 Å². The highest BCUT2D eigenvalue weighted by Crippen LogP contribution is 2.37. The number of hydrogen-bond acceptors (Lipinski definition) is 5. The average molecular weight is 354 g/mol.